The summed E-state index contributed by atoms with van der Waals surface area (Å²) in [6, 6.07) is -0.0471. The molecule has 7 nitrogen and oxygen atoms in total. The molecule has 7 heteroatoms. The summed E-state index contributed by atoms with van der Waals surface area (Å²) >= 11 is 0. The molecule has 1 aliphatic heterocycles. The zero-order valence-electron chi connectivity index (χ0n) is 10.7. The van der Waals surface area contributed by atoms with Crippen LogP contribution in [-0.4, -0.2) is 68.6 Å². The highest BCUT2D eigenvalue weighted by Gasteiger charge is 2.34. The summed E-state index contributed by atoms with van der Waals surface area (Å²) in [6.45, 7) is 1.20. The number of methoxy groups -OCH3 is 2. The van der Waals surface area contributed by atoms with Crippen LogP contribution in [0, 0.1) is 5.92 Å². The molecule has 0 aliphatic carbocycles. The van der Waals surface area contributed by atoms with Crippen molar-refractivity contribution >= 4 is 12.1 Å². The number of carbonyl (C=O) groups excluding carboxylic acids is 2. The molecule has 0 radical (unpaired) electrons. The quantitative estimate of drug-likeness (QED) is 0.643. The van der Waals surface area contributed by atoms with Crippen molar-refractivity contribution in [2.45, 2.75) is 12.5 Å². The highest BCUT2D eigenvalue weighted by molar-refractivity contribution is 5.74. The third-order valence-electron chi connectivity index (χ3n) is 2.96. The number of carbonyl (C=O) groups is 2. The lowest BCUT2D eigenvalue weighted by molar-refractivity contribution is -0.147. The van der Waals surface area contributed by atoms with Crippen molar-refractivity contribution in [3.8, 4) is 0 Å². The summed E-state index contributed by atoms with van der Waals surface area (Å²) < 4.78 is 9.37. The van der Waals surface area contributed by atoms with Crippen LogP contribution in [0.25, 0.3) is 0 Å². The third kappa shape index (κ3) is 3.85. The van der Waals surface area contributed by atoms with Crippen LogP contribution in [-0.2, 0) is 14.3 Å². The van der Waals surface area contributed by atoms with Crippen LogP contribution in [0.4, 0.5) is 4.79 Å². The van der Waals surface area contributed by atoms with E-state index in [1.165, 1.54) is 19.1 Å². The molecule has 0 aromatic rings. The predicted molar refractivity (Wildman–Crippen MR) is 63.0 cm³/mol. The molecule has 0 spiro atoms. The minimum Gasteiger partial charge on any atom is -0.469 e. The number of aliphatic hydroxyl groups excluding tert-OH is 1. The molecule has 1 aliphatic rings. The Kier molecular flexibility index (Phi) is 5.87. The number of hydrogen-bond donors (Lipinski definition) is 2. The summed E-state index contributed by atoms with van der Waals surface area (Å²) in [4.78, 5) is 24.6. The second-order valence-corrected chi connectivity index (χ2v) is 4.21. The first-order chi connectivity index (χ1) is 8.62. The van der Waals surface area contributed by atoms with Gasteiger partial charge in [-0.2, -0.15) is 0 Å². The normalized spacial score (nSPS) is 23.6. The van der Waals surface area contributed by atoms with Gasteiger partial charge in [0.25, 0.3) is 0 Å². The van der Waals surface area contributed by atoms with Gasteiger partial charge in [0, 0.05) is 25.7 Å². The average molecular weight is 260 g/mol. The van der Waals surface area contributed by atoms with Crippen molar-refractivity contribution in [3.63, 3.8) is 0 Å². The second-order valence-electron chi connectivity index (χ2n) is 4.21. The van der Waals surface area contributed by atoms with Crippen LogP contribution < -0.4 is 5.32 Å². The summed E-state index contributed by atoms with van der Waals surface area (Å²) in [7, 11) is 2.63. The van der Waals surface area contributed by atoms with Crippen LogP contribution in [0.1, 0.15) is 6.42 Å². The Hall–Kier alpha value is -1.34. The van der Waals surface area contributed by atoms with E-state index in [1.807, 2.05) is 0 Å². The van der Waals surface area contributed by atoms with Crippen molar-refractivity contribution in [1.82, 2.24) is 10.2 Å². The van der Waals surface area contributed by atoms with Gasteiger partial charge in [0.15, 0.2) is 0 Å². The van der Waals surface area contributed by atoms with Gasteiger partial charge >= 0.3 is 12.1 Å². The zero-order chi connectivity index (χ0) is 13.5. The van der Waals surface area contributed by atoms with Crippen LogP contribution in [0.5, 0.6) is 0 Å². The predicted octanol–water partition coefficient (Wildman–Crippen LogP) is -0.802. The number of piperidine rings is 1. The van der Waals surface area contributed by atoms with Crippen LogP contribution in [0.3, 0.4) is 0 Å². The lowest BCUT2D eigenvalue weighted by atomic mass is 9.94. The lowest BCUT2D eigenvalue weighted by Gasteiger charge is -2.36. The Morgan fingerprint density at radius 2 is 2.06 bits per heavy atom. The fourth-order valence-electron chi connectivity index (χ4n) is 2.13. The van der Waals surface area contributed by atoms with Gasteiger partial charge in [-0.1, -0.05) is 0 Å². The van der Waals surface area contributed by atoms with E-state index in [4.69, 9.17) is 9.84 Å². The Balaban J connectivity index is 2.65. The van der Waals surface area contributed by atoms with E-state index in [0.29, 0.717) is 26.1 Å². The van der Waals surface area contributed by atoms with Gasteiger partial charge in [-0.15, -0.1) is 0 Å². The molecule has 2 N–H and O–H groups in total. The minimum atomic E-state index is -0.459. The van der Waals surface area contributed by atoms with E-state index >= 15 is 0 Å². The molecule has 2 atom stereocenters. The van der Waals surface area contributed by atoms with Gasteiger partial charge in [0.2, 0.25) is 0 Å². The zero-order valence-corrected chi connectivity index (χ0v) is 10.7. The molecule has 1 fully saturated rings. The maximum absolute atomic E-state index is 11.6. The standard InChI is InChI=1S/C11H20N2O5/c1-17-10(15)8-5-9(12-3-4-14)7-13(6-8)11(16)18-2/h8-9,12,14H,3-7H2,1-2H3. The molecule has 0 aromatic heterocycles. The molecule has 104 valence electrons. The number of hydrogen-bond acceptors (Lipinski definition) is 6. The Labute approximate surface area is 106 Å². The smallest absolute Gasteiger partial charge is 0.409 e. The fourth-order valence-corrected chi connectivity index (χ4v) is 2.13. The largest absolute Gasteiger partial charge is 0.469 e. The fraction of sp³-hybridized carbons (Fsp3) is 0.818. The molecule has 1 rings (SSSR count). The Morgan fingerprint density at radius 3 is 2.61 bits per heavy atom. The summed E-state index contributed by atoms with van der Waals surface area (Å²) in [5, 5.41) is 11.9. The first kappa shape index (κ1) is 14.7. The second kappa shape index (κ2) is 7.17. The highest BCUT2D eigenvalue weighted by atomic mass is 16.5. The maximum Gasteiger partial charge on any atom is 0.409 e. The van der Waals surface area contributed by atoms with Gasteiger partial charge in [-0.3, -0.25) is 4.79 Å². The molecule has 1 saturated heterocycles. The number of nitrogens with zero attached hydrogens (tertiary/aromatic N) is 1. The van der Waals surface area contributed by atoms with Gasteiger partial charge in [-0.25, -0.2) is 4.79 Å². The van der Waals surface area contributed by atoms with Crippen molar-refractivity contribution in [1.29, 1.82) is 0 Å². The molecule has 18 heavy (non-hydrogen) atoms. The van der Waals surface area contributed by atoms with Crippen LogP contribution in [0.2, 0.25) is 0 Å². The Bertz CT molecular complexity index is 273. The molecule has 2 unspecified atom stereocenters. The van der Waals surface area contributed by atoms with Gasteiger partial charge < -0.3 is 24.8 Å². The number of ether oxygens (including phenoxy) is 2. The van der Waals surface area contributed by atoms with Crippen LogP contribution in [0.15, 0.2) is 0 Å². The number of amides is 1. The highest BCUT2D eigenvalue weighted by Crippen LogP contribution is 2.19. The number of esters is 1. The van der Waals surface area contributed by atoms with Gasteiger partial charge in [0.05, 0.1) is 26.7 Å². The molecular formula is C11H20N2O5. The SMILES string of the molecule is COC(=O)C1CC(NCCO)CN(C(=O)OC)C1. The molecule has 0 saturated carbocycles. The maximum atomic E-state index is 11.6. The van der Waals surface area contributed by atoms with Gasteiger partial charge in [0.1, 0.15) is 0 Å². The molecule has 1 heterocycles. The molecular weight excluding hydrogens is 240 g/mol. The third-order valence-corrected chi connectivity index (χ3v) is 2.96. The average Bonchev–Trinajstić information content (AvgIpc) is 2.42. The molecule has 0 aromatic carbocycles. The van der Waals surface area contributed by atoms with E-state index in [0.717, 1.165) is 0 Å². The van der Waals surface area contributed by atoms with Crippen LogP contribution >= 0.6 is 0 Å². The van der Waals surface area contributed by atoms with E-state index in [1.54, 1.807) is 0 Å². The number of rotatable bonds is 4. The monoisotopic (exact) mass is 260 g/mol. The van der Waals surface area contributed by atoms with E-state index < -0.39 is 6.09 Å². The topological polar surface area (TPSA) is 88.1 Å². The van der Waals surface area contributed by atoms with Gasteiger partial charge in [-0.05, 0) is 6.42 Å². The molecule has 0 bridgehead atoms. The van der Waals surface area contributed by atoms with Crippen molar-refractivity contribution < 1.29 is 24.2 Å². The summed E-state index contributed by atoms with van der Waals surface area (Å²) in [6.07, 6.45) is 0.125. The lowest BCUT2D eigenvalue weighted by Crippen LogP contribution is -2.53. The van der Waals surface area contributed by atoms with Crippen molar-refractivity contribution in [3.05, 3.63) is 0 Å². The van der Waals surface area contributed by atoms with E-state index in [-0.39, 0.29) is 24.5 Å². The Morgan fingerprint density at radius 1 is 1.33 bits per heavy atom. The summed E-state index contributed by atoms with van der Waals surface area (Å²) in [5.74, 6) is -0.696. The van der Waals surface area contributed by atoms with E-state index in [9.17, 15) is 9.59 Å². The number of aliphatic hydroxyl groups is 1. The first-order valence-corrected chi connectivity index (χ1v) is 5.87. The van der Waals surface area contributed by atoms with Crippen molar-refractivity contribution in [2.24, 2.45) is 5.92 Å². The summed E-state index contributed by atoms with van der Waals surface area (Å²) in [5.41, 5.74) is 0. The minimum absolute atomic E-state index is 0.0115. The molecule has 1 amide bonds. The number of likely N-dealkylation sites (tertiary alicyclic amines) is 1. The van der Waals surface area contributed by atoms with Crippen molar-refractivity contribution in [2.75, 3.05) is 40.5 Å². The first-order valence-electron chi connectivity index (χ1n) is 5.87. The number of nitrogens with one attached hydrogen (secondary N) is 1. The van der Waals surface area contributed by atoms with E-state index in [2.05, 4.69) is 10.1 Å².